The van der Waals surface area contributed by atoms with Gasteiger partial charge in [0, 0.05) is 12.5 Å². The molecule has 0 spiro atoms. The zero-order chi connectivity index (χ0) is 23.8. The van der Waals surface area contributed by atoms with E-state index in [-0.39, 0.29) is 5.60 Å². The van der Waals surface area contributed by atoms with Crippen LogP contribution < -0.4 is 0 Å². The molecule has 1 aromatic heterocycles. The van der Waals surface area contributed by atoms with Gasteiger partial charge in [0.1, 0.15) is 0 Å². The van der Waals surface area contributed by atoms with Gasteiger partial charge in [-0.3, -0.25) is 0 Å². The van der Waals surface area contributed by atoms with Crippen molar-refractivity contribution in [3.05, 3.63) is 33.3 Å². The molecule has 1 heterocycles. The van der Waals surface area contributed by atoms with Crippen molar-refractivity contribution in [2.75, 3.05) is 7.11 Å². The van der Waals surface area contributed by atoms with E-state index in [9.17, 15) is 0 Å². The molecule has 0 saturated heterocycles. The van der Waals surface area contributed by atoms with Gasteiger partial charge in [-0.05, 0) is 89.5 Å². The summed E-state index contributed by atoms with van der Waals surface area (Å²) in [7, 11) is 1.84. The Morgan fingerprint density at radius 2 is 1.77 bits per heavy atom. The summed E-state index contributed by atoms with van der Waals surface area (Å²) in [6.07, 6.45) is 9.61. The Labute approximate surface area is 197 Å². The molecule has 1 rings (SSSR count). The van der Waals surface area contributed by atoms with Crippen LogP contribution in [-0.4, -0.2) is 17.7 Å². The van der Waals surface area contributed by atoms with E-state index in [4.69, 9.17) is 4.74 Å². The third-order valence-electron chi connectivity index (χ3n) is 7.98. The van der Waals surface area contributed by atoms with Gasteiger partial charge in [0.25, 0.3) is 0 Å². The van der Waals surface area contributed by atoms with Crippen LogP contribution in [0.1, 0.15) is 98.7 Å². The molecule has 0 saturated carbocycles. The summed E-state index contributed by atoms with van der Waals surface area (Å²) in [5.41, 5.74) is 3.99. The van der Waals surface area contributed by atoms with Crippen molar-refractivity contribution >= 4 is 17.4 Å². The fraction of sp³-hybridized carbons (Fsp3) is 0.750. The lowest BCUT2D eigenvalue weighted by Gasteiger charge is -2.39. The minimum Gasteiger partial charge on any atom is -0.379 e. The van der Waals surface area contributed by atoms with Crippen molar-refractivity contribution in [3.63, 3.8) is 0 Å². The van der Waals surface area contributed by atoms with Crippen LogP contribution in [-0.2, 0) is 4.74 Å². The highest BCUT2D eigenvalue weighted by Gasteiger charge is 2.33. The Morgan fingerprint density at radius 3 is 2.32 bits per heavy atom. The fourth-order valence-electron chi connectivity index (χ4n) is 4.25. The second-order valence-electron chi connectivity index (χ2n) is 10.6. The summed E-state index contributed by atoms with van der Waals surface area (Å²) < 4.78 is 5.75. The van der Waals surface area contributed by atoms with Gasteiger partial charge in [-0.1, -0.05) is 58.3 Å². The summed E-state index contributed by atoms with van der Waals surface area (Å²) in [6.45, 7) is 23.0. The molecule has 2 nitrogen and oxygen atoms in total. The lowest BCUT2D eigenvalue weighted by molar-refractivity contribution is -0.0512. The SMILES string of the molecule is COC(C)(C)[C@H](C)[C@H](C)[C@@H](C)[C@@H](C)CCC/C(C)=C\C[C@H](C)/C(C)=C/c1csc(C)n1. The van der Waals surface area contributed by atoms with E-state index >= 15 is 0 Å². The summed E-state index contributed by atoms with van der Waals surface area (Å²) in [5.74, 6) is 3.20. The lowest BCUT2D eigenvalue weighted by Crippen LogP contribution is -2.38. The van der Waals surface area contributed by atoms with Crippen molar-refractivity contribution in [2.45, 2.75) is 101 Å². The molecule has 0 unspecified atom stereocenters. The second kappa shape index (κ2) is 12.9. The predicted molar refractivity (Wildman–Crippen MR) is 140 cm³/mol. The number of allylic oxidation sites excluding steroid dienone is 3. The summed E-state index contributed by atoms with van der Waals surface area (Å²) in [5, 5.41) is 3.28. The highest BCUT2D eigenvalue weighted by Crippen LogP contribution is 2.36. The van der Waals surface area contributed by atoms with Crippen molar-refractivity contribution in [3.8, 4) is 0 Å². The molecule has 0 amide bonds. The Kier molecular flexibility index (Phi) is 11.7. The number of aromatic nitrogens is 1. The summed E-state index contributed by atoms with van der Waals surface area (Å²) in [6, 6.07) is 0. The fourth-order valence-corrected chi connectivity index (χ4v) is 4.82. The molecule has 0 aliphatic rings. The largest absolute Gasteiger partial charge is 0.379 e. The minimum absolute atomic E-state index is 0.0612. The van der Waals surface area contributed by atoms with E-state index in [0.717, 1.165) is 23.0 Å². The average Bonchev–Trinajstić information content (AvgIpc) is 3.14. The van der Waals surface area contributed by atoms with E-state index in [0.29, 0.717) is 23.7 Å². The van der Waals surface area contributed by atoms with Crippen molar-refractivity contribution in [1.82, 2.24) is 4.98 Å². The Bertz CT molecular complexity index is 714. The summed E-state index contributed by atoms with van der Waals surface area (Å²) in [4.78, 5) is 4.56. The minimum atomic E-state index is -0.0612. The zero-order valence-corrected chi connectivity index (χ0v) is 23.0. The molecule has 1 aromatic rings. The van der Waals surface area contributed by atoms with E-state index in [1.807, 2.05) is 7.11 Å². The van der Waals surface area contributed by atoms with Gasteiger partial charge in [-0.15, -0.1) is 11.3 Å². The maximum Gasteiger partial charge on any atom is 0.0901 e. The Morgan fingerprint density at radius 1 is 1.13 bits per heavy atom. The molecular formula is C28H49NOS. The quantitative estimate of drug-likeness (QED) is 0.281. The number of thiazole rings is 1. The Balaban J connectivity index is 2.46. The van der Waals surface area contributed by atoms with Crippen LogP contribution in [0, 0.1) is 36.5 Å². The van der Waals surface area contributed by atoms with Crippen LogP contribution in [0.15, 0.2) is 22.6 Å². The van der Waals surface area contributed by atoms with Crippen LogP contribution in [0.2, 0.25) is 0 Å². The molecule has 0 aromatic carbocycles. The molecule has 0 fully saturated rings. The van der Waals surface area contributed by atoms with Gasteiger partial charge < -0.3 is 4.74 Å². The first kappa shape index (κ1) is 28.1. The molecule has 3 heteroatoms. The number of methoxy groups -OCH3 is 1. The Hall–Kier alpha value is -0.930. The third kappa shape index (κ3) is 9.22. The number of nitrogens with zero attached hydrogens (tertiary/aromatic N) is 1. The van der Waals surface area contributed by atoms with Crippen LogP contribution in [0.3, 0.4) is 0 Å². The number of rotatable bonds is 13. The standard InChI is InChI=1S/C28H49NOS/c1-19(15-16-20(2)22(4)17-27-18-31-26(8)29-27)13-12-14-21(3)23(5)24(6)25(7)28(9,10)30-11/h15,17-18,20-21,23-25H,12-14,16H2,1-11H3/b19-15-,22-17+/t20-,21-,23-,24+,25+/m0/s1. The molecular weight excluding hydrogens is 398 g/mol. The summed E-state index contributed by atoms with van der Waals surface area (Å²) >= 11 is 1.72. The molecule has 0 bridgehead atoms. The molecule has 0 aliphatic carbocycles. The van der Waals surface area contributed by atoms with Crippen LogP contribution in [0.4, 0.5) is 0 Å². The predicted octanol–water partition coefficient (Wildman–Crippen LogP) is 8.97. The molecule has 31 heavy (non-hydrogen) atoms. The highest BCUT2D eigenvalue weighted by molar-refractivity contribution is 7.09. The van der Waals surface area contributed by atoms with Gasteiger partial charge in [-0.2, -0.15) is 0 Å². The lowest BCUT2D eigenvalue weighted by atomic mass is 9.71. The van der Waals surface area contributed by atoms with E-state index < -0.39 is 0 Å². The first-order chi connectivity index (χ1) is 14.4. The third-order valence-corrected chi connectivity index (χ3v) is 8.77. The van der Waals surface area contributed by atoms with Crippen molar-refractivity contribution < 1.29 is 4.74 Å². The number of aryl methyl sites for hydroxylation is 1. The number of hydrogen-bond donors (Lipinski definition) is 0. The maximum absolute atomic E-state index is 5.75. The van der Waals surface area contributed by atoms with Gasteiger partial charge in [-0.25, -0.2) is 4.98 Å². The second-order valence-corrected chi connectivity index (χ2v) is 11.6. The molecule has 0 radical (unpaired) electrons. The van der Waals surface area contributed by atoms with Gasteiger partial charge >= 0.3 is 0 Å². The number of ether oxygens (including phenoxy) is 1. The average molecular weight is 448 g/mol. The zero-order valence-electron chi connectivity index (χ0n) is 22.2. The smallest absolute Gasteiger partial charge is 0.0901 e. The molecule has 5 atom stereocenters. The highest BCUT2D eigenvalue weighted by atomic mass is 32.1. The van der Waals surface area contributed by atoms with Gasteiger partial charge in [0.15, 0.2) is 0 Å². The van der Waals surface area contributed by atoms with Gasteiger partial charge in [0.05, 0.1) is 16.3 Å². The number of hydrogen-bond acceptors (Lipinski definition) is 3. The van der Waals surface area contributed by atoms with Crippen molar-refractivity contribution in [2.24, 2.45) is 29.6 Å². The molecule has 0 N–H and O–H groups in total. The van der Waals surface area contributed by atoms with Crippen LogP contribution in [0.5, 0.6) is 0 Å². The molecule has 178 valence electrons. The normalized spacial score (nSPS) is 18.5. The van der Waals surface area contributed by atoms with E-state index in [2.05, 4.69) is 91.8 Å². The monoisotopic (exact) mass is 447 g/mol. The van der Waals surface area contributed by atoms with Crippen LogP contribution >= 0.6 is 11.3 Å². The van der Waals surface area contributed by atoms with Crippen LogP contribution in [0.25, 0.3) is 6.08 Å². The van der Waals surface area contributed by atoms with Crippen molar-refractivity contribution in [1.29, 1.82) is 0 Å². The molecule has 0 aliphatic heterocycles. The first-order valence-corrected chi connectivity index (χ1v) is 13.1. The van der Waals surface area contributed by atoms with Gasteiger partial charge in [0.2, 0.25) is 0 Å². The first-order valence-electron chi connectivity index (χ1n) is 12.2. The maximum atomic E-state index is 5.75. The topological polar surface area (TPSA) is 22.1 Å². The van der Waals surface area contributed by atoms with E-state index in [1.165, 1.54) is 30.4 Å². The van der Waals surface area contributed by atoms with E-state index in [1.54, 1.807) is 11.3 Å².